The fourth-order valence-electron chi connectivity index (χ4n) is 3.24. The minimum absolute atomic E-state index is 0.0370. The predicted octanol–water partition coefficient (Wildman–Crippen LogP) is 4.57. The zero-order valence-electron chi connectivity index (χ0n) is 22.2. The average Bonchev–Trinajstić information content (AvgIpc) is 3.46. The summed E-state index contributed by atoms with van der Waals surface area (Å²) in [6.07, 6.45) is 7.71. The molecule has 2 aromatic carbocycles. The molecule has 3 aromatic heterocycles. The lowest BCUT2D eigenvalue weighted by molar-refractivity contribution is 0.0586. The van der Waals surface area contributed by atoms with Gasteiger partial charge in [0.05, 0.1) is 25.2 Å². The van der Waals surface area contributed by atoms with Crippen LogP contribution in [0.4, 0.5) is 14.6 Å². The zero-order chi connectivity index (χ0) is 30.6. The normalized spacial score (nSPS) is 10.0. The molecule has 5 rings (SSSR count). The van der Waals surface area contributed by atoms with Gasteiger partial charge in [-0.05, 0) is 48.5 Å². The van der Waals surface area contributed by atoms with Crippen LogP contribution in [0.15, 0.2) is 79.5 Å². The number of nitrogen functional groups attached to an aromatic ring is 1. The number of alkyl halides is 1. The fourth-order valence-corrected chi connectivity index (χ4v) is 3.56. The lowest BCUT2D eigenvalue weighted by Crippen LogP contribution is -2.09. The summed E-state index contributed by atoms with van der Waals surface area (Å²) in [6.45, 7) is 0. The van der Waals surface area contributed by atoms with Crippen molar-refractivity contribution in [2.75, 3.05) is 25.3 Å². The maximum atomic E-state index is 12.9. The van der Waals surface area contributed by atoms with Gasteiger partial charge in [0.1, 0.15) is 11.6 Å². The van der Waals surface area contributed by atoms with Crippen LogP contribution in [-0.4, -0.2) is 61.6 Å². The average molecular weight is 641 g/mol. The molecular formula is C28H23BrF2N6O5. The number of fused-ring (bicyclic) bond motifs is 1. The number of rotatable bonds is 5. The Kier molecular flexibility index (Phi) is 11.3. The third-order valence-electron chi connectivity index (χ3n) is 5.29. The molecular weight excluding hydrogens is 618 g/mol. The van der Waals surface area contributed by atoms with E-state index in [9.17, 15) is 23.2 Å². The van der Waals surface area contributed by atoms with Crippen LogP contribution in [0, 0.1) is 11.6 Å². The number of ether oxygens (including phenoxy) is 2. The SMILES string of the molecule is COC(=O)c1nccn2cc(-c3ccc(F)cc3)nc12.COC(=O)c1nccnc1N.O=C(CBr)c1ccc(F)cc1. The highest BCUT2D eigenvalue weighted by atomic mass is 79.9. The summed E-state index contributed by atoms with van der Waals surface area (Å²) in [4.78, 5) is 49.1. The molecule has 0 amide bonds. The van der Waals surface area contributed by atoms with Gasteiger partial charge in [-0.25, -0.2) is 38.3 Å². The van der Waals surface area contributed by atoms with Crippen molar-refractivity contribution in [3.05, 3.63) is 108 Å². The van der Waals surface area contributed by atoms with E-state index in [4.69, 9.17) is 5.73 Å². The van der Waals surface area contributed by atoms with Crippen molar-refractivity contribution in [2.24, 2.45) is 0 Å². The monoisotopic (exact) mass is 640 g/mol. The summed E-state index contributed by atoms with van der Waals surface area (Å²) < 4.78 is 36.0. The Bertz CT molecular complexity index is 1680. The number of hydrogen-bond donors (Lipinski definition) is 1. The fraction of sp³-hybridized carbons (Fsp3) is 0.107. The van der Waals surface area contributed by atoms with Gasteiger partial charge in [0, 0.05) is 42.1 Å². The molecule has 14 heteroatoms. The van der Waals surface area contributed by atoms with Crippen LogP contribution in [0.5, 0.6) is 0 Å². The maximum Gasteiger partial charge on any atom is 0.360 e. The first-order valence-electron chi connectivity index (χ1n) is 11.9. The van der Waals surface area contributed by atoms with Crippen molar-refractivity contribution >= 4 is 45.1 Å². The summed E-state index contributed by atoms with van der Waals surface area (Å²) in [5.41, 5.74) is 7.83. The molecule has 0 radical (unpaired) electrons. The summed E-state index contributed by atoms with van der Waals surface area (Å²) in [7, 11) is 2.55. The van der Waals surface area contributed by atoms with Crippen LogP contribution < -0.4 is 5.73 Å². The zero-order valence-corrected chi connectivity index (χ0v) is 23.8. The Morgan fingerprint density at radius 2 is 1.38 bits per heavy atom. The second-order valence-corrected chi connectivity index (χ2v) is 8.54. The van der Waals surface area contributed by atoms with Crippen LogP contribution in [0.25, 0.3) is 16.9 Å². The van der Waals surface area contributed by atoms with E-state index in [1.807, 2.05) is 0 Å². The molecule has 0 spiro atoms. The molecule has 0 bridgehead atoms. The number of anilines is 1. The smallest absolute Gasteiger partial charge is 0.360 e. The molecule has 0 aliphatic rings. The van der Waals surface area contributed by atoms with E-state index >= 15 is 0 Å². The van der Waals surface area contributed by atoms with E-state index < -0.39 is 11.9 Å². The first kappa shape index (κ1) is 31.4. The Hall–Kier alpha value is -5.11. The van der Waals surface area contributed by atoms with Crippen molar-refractivity contribution in [1.82, 2.24) is 24.3 Å². The van der Waals surface area contributed by atoms with Gasteiger partial charge in [-0.15, -0.1) is 0 Å². The van der Waals surface area contributed by atoms with Gasteiger partial charge in [-0.1, -0.05) is 15.9 Å². The van der Waals surface area contributed by atoms with E-state index in [-0.39, 0.29) is 40.0 Å². The maximum absolute atomic E-state index is 12.9. The minimum atomic E-state index is -0.574. The number of carbonyl (C=O) groups is 3. The Labute approximate surface area is 246 Å². The number of aromatic nitrogens is 5. The Morgan fingerprint density at radius 1 is 0.833 bits per heavy atom. The standard InChI is InChI=1S/C14H10FN3O2.C8H6BrFO.C6H7N3O2/c1-20-14(19)12-13-17-11(8-18(13)7-6-16-12)9-2-4-10(15)5-3-9;9-5-8(11)6-1-3-7(10)4-2-6;1-11-6(10)4-5(7)9-3-2-8-4/h2-8H,1H3;1-4H,5H2;2-3H,1H3,(H2,7,9). The second-order valence-electron chi connectivity index (χ2n) is 7.98. The van der Waals surface area contributed by atoms with Gasteiger partial charge < -0.3 is 19.6 Å². The van der Waals surface area contributed by atoms with E-state index in [1.165, 1.54) is 69.2 Å². The van der Waals surface area contributed by atoms with E-state index in [1.54, 1.807) is 28.9 Å². The van der Waals surface area contributed by atoms with E-state index in [2.05, 4.69) is 45.3 Å². The summed E-state index contributed by atoms with van der Waals surface area (Å²) in [5.74, 6) is -1.71. The number of halogens is 3. The number of imidazole rings is 1. The van der Waals surface area contributed by atoms with Crippen molar-refractivity contribution < 1.29 is 32.6 Å². The van der Waals surface area contributed by atoms with Crippen molar-refractivity contribution in [2.45, 2.75) is 0 Å². The van der Waals surface area contributed by atoms with Gasteiger partial charge >= 0.3 is 11.9 Å². The number of benzene rings is 2. The molecule has 0 atom stereocenters. The molecule has 0 saturated carbocycles. The number of nitrogens with two attached hydrogens (primary N) is 1. The lowest BCUT2D eigenvalue weighted by atomic mass is 10.1. The minimum Gasteiger partial charge on any atom is -0.464 e. The van der Waals surface area contributed by atoms with Crippen molar-refractivity contribution in [3.8, 4) is 11.3 Å². The Morgan fingerprint density at radius 3 is 1.95 bits per heavy atom. The van der Waals surface area contributed by atoms with Gasteiger partial charge in [0.15, 0.2) is 28.6 Å². The molecule has 5 aromatic rings. The second kappa shape index (κ2) is 15.0. The number of esters is 2. The molecule has 42 heavy (non-hydrogen) atoms. The van der Waals surface area contributed by atoms with Crippen LogP contribution in [0.3, 0.4) is 0 Å². The van der Waals surface area contributed by atoms with Gasteiger partial charge in [-0.2, -0.15) is 0 Å². The van der Waals surface area contributed by atoms with Gasteiger partial charge in [0.25, 0.3) is 0 Å². The number of carbonyl (C=O) groups excluding carboxylic acids is 3. The van der Waals surface area contributed by atoms with Crippen molar-refractivity contribution in [1.29, 1.82) is 0 Å². The van der Waals surface area contributed by atoms with Gasteiger partial charge in [0.2, 0.25) is 0 Å². The van der Waals surface area contributed by atoms with E-state index in [0.29, 0.717) is 16.9 Å². The number of ketones is 1. The first-order chi connectivity index (χ1) is 20.2. The van der Waals surface area contributed by atoms with Crippen LogP contribution >= 0.6 is 15.9 Å². The summed E-state index contributed by atoms with van der Waals surface area (Å²) in [6, 6.07) is 11.5. The molecule has 11 nitrogen and oxygen atoms in total. The van der Waals surface area contributed by atoms with Crippen LogP contribution in [-0.2, 0) is 9.47 Å². The molecule has 0 aliphatic heterocycles. The molecule has 0 fully saturated rings. The van der Waals surface area contributed by atoms with Crippen molar-refractivity contribution in [3.63, 3.8) is 0 Å². The number of Topliss-reactive ketones (excluding diaryl/α,β-unsaturated/α-hetero) is 1. The third kappa shape index (κ3) is 8.20. The quantitative estimate of drug-likeness (QED) is 0.164. The number of nitrogens with zero attached hydrogens (tertiary/aromatic N) is 5. The highest BCUT2D eigenvalue weighted by molar-refractivity contribution is 9.09. The first-order valence-corrected chi connectivity index (χ1v) is 13.0. The molecule has 0 aliphatic carbocycles. The lowest BCUT2D eigenvalue weighted by Gasteiger charge is -1.99. The summed E-state index contributed by atoms with van der Waals surface area (Å²) >= 11 is 3.03. The van der Waals surface area contributed by atoms with Gasteiger partial charge in [-0.3, -0.25) is 4.79 Å². The topological polar surface area (TPSA) is 152 Å². The number of methoxy groups -OCH3 is 2. The van der Waals surface area contributed by atoms with E-state index in [0.717, 1.165) is 5.56 Å². The number of hydrogen-bond acceptors (Lipinski definition) is 10. The molecule has 2 N–H and O–H groups in total. The predicted molar refractivity (Wildman–Crippen MR) is 152 cm³/mol. The molecule has 0 saturated heterocycles. The molecule has 216 valence electrons. The third-order valence-corrected chi connectivity index (χ3v) is 5.80. The van der Waals surface area contributed by atoms with Crippen LogP contribution in [0.2, 0.25) is 0 Å². The largest absolute Gasteiger partial charge is 0.464 e. The highest BCUT2D eigenvalue weighted by Gasteiger charge is 2.16. The molecule has 0 unspecified atom stereocenters. The highest BCUT2D eigenvalue weighted by Crippen LogP contribution is 2.20. The molecule has 3 heterocycles. The van der Waals surface area contributed by atoms with Crippen LogP contribution in [0.1, 0.15) is 31.3 Å². The Balaban J connectivity index is 0.000000188. The summed E-state index contributed by atoms with van der Waals surface area (Å²) in [5, 5.41) is 0.276.